The minimum absolute atomic E-state index is 0.330. The highest BCUT2D eigenvalue weighted by molar-refractivity contribution is 9.10. The molecule has 1 heterocycles. The van der Waals surface area contributed by atoms with Crippen LogP contribution in [-0.2, 0) is 0 Å². The van der Waals surface area contributed by atoms with Gasteiger partial charge in [0, 0.05) is 4.90 Å². The molecule has 3 nitrogen and oxygen atoms in total. The number of hydrogen-bond acceptors (Lipinski definition) is 4. The van der Waals surface area contributed by atoms with Gasteiger partial charge in [0.2, 0.25) is 5.88 Å². The normalized spacial score (nSPS) is 10.3. The molecular formula is C11H8BrClN2OS. The summed E-state index contributed by atoms with van der Waals surface area (Å²) in [7, 11) is 0. The Labute approximate surface area is 117 Å². The molecule has 0 N–H and O–H groups in total. The third-order valence-corrected chi connectivity index (χ3v) is 4.00. The molecule has 0 aliphatic carbocycles. The predicted octanol–water partition coefficient (Wildman–Crippen LogP) is 4.41. The smallest absolute Gasteiger partial charge is 0.238 e. The van der Waals surface area contributed by atoms with Crippen LogP contribution in [0.1, 0.15) is 0 Å². The molecule has 0 atom stereocenters. The first-order valence-corrected chi connectivity index (χ1v) is 7.09. The Bertz CT molecular complexity index is 539. The number of benzene rings is 1. The van der Waals surface area contributed by atoms with Gasteiger partial charge in [-0.05, 0) is 34.3 Å². The second-order valence-electron chi connectivity index (χ2n) is 3.04. The third kappa shape index (κ3) is 2.91. The molecule has 0 saturated heterocycles. The summed E-state index contributed by atoms with van der Waals surface area (Å²) in [5.41, 5.74) is 0. The molecule has 0 radical (unpaired) electrons. The van der Waals surface area contributed by atoms with Gasteiger partial charge in [-0.25, -0.2) is 9.97 Å². The fourth-order valence-electron chi connectivity index (χ4n) is 1.21. The van der Waals surface area contributed by atoms with Crippen LogP contribution in [0.4, 0.5) is 0 Å². The molecule has 17 heavy (non-hydrogen) atoms. The molecule has 1 aromatic carbocycles. The maximum Gasteiger partial charge on any atom is 0.238 e. The summed E-state index contributed by atoms with van der Waals surface area (Å²) < 4.78 is 6.26. The van der Waals surface area contributed by atoms with Gasteiger partial charge in [0.05, 0.1) is 0 Å². The molecule has 88 valence electrons. The summed E-state index contributed by atoms with van der Waals surface area (Å²) in [6, 6.07) is 7.73. The van der Waals surface area contributed by atoms with Crippen molar-refractivity contribution in [3.8, 4) is 11.6 Å². The largest absolute Gasteiger partial charge is 0.437 e. The van der Waals surface area contributed by atoms with Crippen molar-refractivity contribution >= 4 is 39.3 Å². The summed E-state index contributed by atoms with van der Waals surface area (Å²) in [4.78, 5) is 8.92. The van der Waals surface area contributed by atoms with E-state index in [4.69, 9.17) is 16.3 Å². The second-order valence-corrected chi connectivity index (χ2v) is 5.04. The van der Waals surface area contributed by atoms with Gasteiger partial charge in [-0.15, -0.1) is 11.8 Å². The Balaban J connectivity index is 2.35. The van der Waals surface area contributed by atoms with E-state index < -0.39 is 0 Å². The fraction of sp³-hybridized carbons (Fsp3) is 0.0909. The van der Waals surface area contributed by atoms with Gasteiger partial charge < -0.3 is 4.74 Å². The van der Waals surface area contributed by atoms with Gasteiger partial charge in [0.15, 0.2) is 5.15 Å². The Morgan fingerprint density at radius 3 is 2.82 bits per heavy atom. The number of thioether (sulfide) groups is 1. The molecule has 2 rings (SSSR count). The van der Waals surface area contributed by atoms with E-state index in [1.165, 1.54) is 6.33 Å². The van der Waals surface area contributed by atoms with Gasteiger partial charge in [-0.2, -0.15) is 0 Å². The van der Waals surface area contributed by atoms with Crippen LogP contribution in [0, 0.1) is 0 Å². The van der Waals surface area contributed by atoms with Crippen molar-refractivity contribution in [2.24, 2.45) is 0 Å². The quantitative estimate of drug-likeness (QED) is 0.616. The van der Waals surface area contributed by atoms with E-state index >= 15 is 0 Å². The molecule has 0 unspecified atom stereocenters. The first-order chi connectivity index (χ1) is 8.22. The van der Waals surface area contributed by atoms with E-state index in [1.807, 2.05) is 30.5 Å². The van der Waals surface area contributed by atoms with Crippen LogP contribution in [-0.4, -0.2) is 16.2 Å². The van der Waals surface area contributed by atoms with Crippen molar-refractivity contribution in [1.29, 1.82) is 0 Å². The summed E-state index contributed by atoms with van der Waals surface area (Å²) in [5.74, 6) is 1.15. The van der Waals surface area contributed by atoms with Crippen molar-refractivity contribution in [3.05, 3.63) is 40.2 Å². The fourth-order valence-corrected chi connectivity index (χ4v) is 2.15. The van der Waals surface area contributed by atoms with Gasteiger partial charge in [-0.1, -0.05) is 23.7 Å². The molecule has 0 spiro atoms. The van der Waals surface area contributed by atoms with Gasteiger partial charge in [-0.3, -0.25) is 0 Å². The molecular weight excluding hydrogens is 324 g/mol. The van der Waals surface area contributed by atoms with Crippen LogP contribution < -0.4 is 4.74 Å². The maximum atomic E-state index is 5.87. The lowest BCUT2D eigenvalue weighted by Gasteiger charge is -2.09. The minimum atomic E-state index is 0.330. The van der Waals surface area contributed by atoms with E-state index in [0.717, 1.165) is 10.6 Å². The highest BCUT2D eigenvalue weighted by Crippen LogP contribution is 2.35. The van der Waals surface area contributed by atoms with E-state index in [9.17, 15) is 0 Å². The number of rotatable bonds is 3. The minimum Gasteiger partial charge on any atom is -0.437 e. The average Bonchev–Trinajstić information content (AvgIpc) is 2.35. The zero-order valence-corrected chi connectivity index (χ0v) is 12.0. The van der Waals surface area contributed by atoms with Gasteiger partial charge in [0.25, 0.3) is 0 Å². The first-order valence-electron chi connectivity index (χ1n) is 4.69. The van der Waals surface area contributed by atoms with Crippen LogP contribution in [0.25, 0.3) is 0 Å². The number of nitrogens with zero attached hydrogens (tertiary/aromatic N) is 2. The molecule has 6 heteroatoms. The Hall–Kier alpha value is -0.780. The lowest BCUT2D eigenvalue weighted by atomic mass is 10.3. The lowest BCUT2D eigenvalue weighted by Crippen LogP contribution is -1.92. The number of ether oxygens (including phenoxy) is 1. The van der Waals surface area contributed by atoms with Crippen LogP contribution in [0.2, 0.25) is 5.15 Å². The highest BCUT2D eigenvalue weighted by atomic mass is 79.9. The number of para-hydroxylation sites is 1. The molecule has 2 aromatic rings. The Kier molecular flexibility index (Phi) is 4.25. The number of hydrogen-bond donors (Lipinski definition) is 0. The summed E-state index contributed by atoms with van der Waals surface area (Å²) >= 11 is 10.8. The van der Waals surface area contributed by atoms with Crippen LogP contribution in [0.15, 0.2) is 40.0 Å². The number of halogens is 2. The second kappa shape index (κ2) is 5.71. The SMILES string of the molecule is CSc1ccccc1Oc1ncnc(Cl)c1Br. The summed E-state index contributed by atoms with van der Waals surface area (Å²) in [5, 5.41) is 0.330. The zero-order valence-electron chi connectivity index (χ0n) is 8.85. The third-order valence-electron chi connectivity index (χ3n) is 1.99. The monoisotopic (exact) mass is 330 g/mol. The van der Waals surface area contributed by atoms with Crippen molar-refractivity contribution in [2.45, 2.75) is 4.90 Å². The van der Waals surface area contributed by atoms with Gasteiger partial charge >= 0.3 is 0 Å². The van der Waals surface area contributed by atoms with Gasteiger partial charge in [0.1, 0.15) is 16.5 Å². The Morgan fingerprint density at radius 2 is 2.06 bits per heavy atom. The molecule has 0 saturated carbocycles. The van der Waals surface area contributed by atoms with E-state index in [-0.39, 0.29) is 0 Å². The molecule has 0 aliphatic rings. The standard InChI is InChI=1S/C11H8BrClN2OS/c1-17-8-5-3-2-4-7(8)16-11-9(12)10(13)14-6-15-11/h2-6H,1H3. The zero-order chi connectivity index (χ0) is 12.3. The first kappa shape index (κ1) is 12.7. The number of aromatic nitrogens is 2. The summed E-state index contributed by atoms with van der Waals surface area (Å²) in [6.45, 7) is 0. The predicted molar refractivity (Wildman–Crippen MR) is 73.0 cm³/mol. The van der Waals surface area contributed by atoms with Crippen molar-refractivity contribution in [2.75, 3.05) is 6.26 Å². The van der Waals surface area contributed by atoms with Crippen molar-refractivity contribution < 1.29 is 4.74 Å². The topological polar surface area (TPSA) is 35.0 Å². The van der Waals surface area contributed by atoms with Crippen molar-refractivity contribution in [1.82, 2.24) is 9.97 Å². The molecule has 0 amide bonds. The Morgan fingerprint density at radius 1 is 1.29 bits per heavy atom. The van der Waals surface area contributed by atoms with Crippen molar-refractivity contribution in [3.63, 3.8) is 0 Å². The lowest BCUT2D eigenvalue weighted by molar-refractivity contribution is 0.447. The summed E-state index contributed by atoms with van der Waals surface area (Å²) in [6.07, 6.45) is 3.36. The highest BCUT2D eigenvalue weighted by Gasteiger charge is 2.10. The van der Waals surface area contributed by atoms with E-state index in [1.54, 1.807) is 11.8 Å². The van der Waals surface area contributed by atoms with Crippen LogP contribution >= 0.6 is 39.3 Å². The molecule has 0 aliphatic heterocycles. The molecule has 0 fully saturated rings. The van der Waals surface area contributed by atoms with E-state index in [0.29, 0.717) is 15.5 Å². The average molecular weight is 332 g/mol. The molecule has 1 aromatic heterocycles. The van der Waals surface area contributed by atoms with Crippen LogP contribution in [0.3, 0.4) is 0 Å². The van der Waals surface area contributed by atoms with Crippen LogP contribution in [0.5, 0.6) is 11.6 Å². The van der Waals surface area contributed by atoms with E-state index in [2.05, 4.69) is 25.9 Å². The maximum absolute atomic E-state index is 5.87. The molecule has 0 bridgehead atoms.